The molecule has 0 saturated carbocycles. The summed E-state index contributed by atoms with van der Waals surface area (Å²) in [7, 11) is -3.14. The Balaban J connectivity index is 1.98. The zero-order valence-electron chi connectivity index (χ0n) is 12.0. The van der Waals surface area contributed by atoms with Crippen LogP contribution >= 0.6 is 0 Å². The number of sulfone groups is 1. The highest BCUT2D eigenvalue weighted by molar-refractivity contribution is 7.91. The van der Waals surface area contributed by atoms with Gasteiger partial charge in [-0.25, -0.2) is 8.42 Å². The first-order chi connectivity index (χ1) is 10.0. The van der Waals surface area contributed by atoms with Gasteiger partial charge in [0.15, 0.2) is 9.84 Å². The molecule has 2 aromatic carbocycles. The Morgan fingerprint density at radius 2 is 1.67 bits per heavy atom. The van der Waals surface area contributed by atoms with Gasteiger partial charge in [0.05, 0.1) is 10.6 Å². The van der Waals surface area contributed by atoms with E-state index in [0.717, 1.165) is 11.3 Å². The van der Waals surface area contributed by atoms with Gasteiger partial charge in [-0.15, -0.1) is 0 Å². The van der Waals surface area contributed by atoms with E-state index in [4.69, 9.17) is 5.73 Å². The molecule has 2 aromatic rings. The van der Waals surface area contributed by atoms with Crippen LogP contribution in [-0.2, 0) is 9.84 Å². The smallest absolute Gasteiger partial charge is 0.178 e. The van der Waals surface area contributed by atoms with Crippen molar-refractivity contribution in [1.29, 1.82) is 0 Å². The Labute approximate surface area is 125 Å². The number of rotatable bonds is 6. The van der Waals surface area contributed by atoms with Crippen LogP contribution in [0.1, 0.15) is 18.5 Å². The molecule has 0 bridgehead atoms. The standard InChI is InChI=1S/C16H20N2O2S/c1-2-21(19,20)15-10-8-14(9-11-15)18-12-16(17)13-6-4-3-5-7-13/h3-11,16,18H,2,12,17H2,1H3. The number of anilines is 1. The van der Waals surface area contributed by atoms with Crippen LogP contribution in [0, 0.1) is 0 Å². The van der Waals surface area contributed by atoms with Crippen molar-refractivity contribution in [3.05, 3.63) is 60.2 Å². The molecular weight excluding hydrogens is 284 g/mol. The molecule has 4 nitrogen and oxygen atoms in total. The molecule has 0 aliphatic heterocycles. The second kappa shape index (κ2) is 6.74. The highest BCUT2D eigenvalue weighted by Crippen LogP contribution is 2.16. The lowest BCUT2D eigenvalue weighted by Gasteiger charge is -2.14. The second-order valence-corrected chi connectivity index (χ2v) is 7.10. The Morgan fingerprint density at radius 3 is 2.24 bits per heavy atom. The van der Waals surface area contributed by atoms with E-state index in [1.807, 2.05) is 30.3 Å². The minimum absolute atomic E-state index is 0.106. The first-order valence-corrected chi connectivity index (χ1v) is 8.55. The van der Waals surface area contributed by atoms with Crippen molar-refractivity contribution in [1.82, 2.24) is 0 Å². The van der Waals surface area contributed by atoms with E-state index in [-0.39, 0.29) is 11.8 Å². The van der Waals surface area contributed by atoms with E-state index in [1.165, 1.54) is 0 Å². The van der Waals surface area contributed by atoms with Crippen molar-refractivity contribution in [3.8, 4) is 0 Å². The lowest BCUT2D eigenvalue weighted by atomic mass is 10.1. The van der Waals surface area contributed by atoms with E-state index in [2.05, 4.69) is 5.32 Å². The predicted octanol–water partition coefficient (Wildman–Crippen LogP) is 2.59. The number of nitrogens with two attached hydrogens (primary N) is 1. The van der Waals surface area contributed by atoms with E-state index in [9.17, 15) is 8.42 Å². The molecule has 0 aliphatic rings. The van der Waals surface area contributed by atoms with Gasteiger partial charge in [0, 0.05) is 18.3 Å². The van der Waals surface area contributed by atoms with Gasteiger partial charge in [-0.1, -0.05) is 37.3 Å². The average molecular weight is 304 g/mol. The van der Waals surface area contributed by atoms with Gasteiger partial charge in [-0.2, -0.15) is 0 Å². The van der Waals surface area contributed by atoms with E-state index in [0.29, 0.717) is 11.4 Å². The van der Waals surface area contributed by atoms with Crippen LogP contribution in [0.15, 0.2) is 59.5 Å². The fourth-order valence-electron chi connectivity index (χ4n) is 1.99. The Kier molecular flexibility index (Phi) is 4.98. The van der Waals surface area contributed by atoms with E-state index < -0.39 is 9.84 Å². The van der Waals surface area contributed by atoms with Crippen molar-refractivity contribution >= 4 is 15.5 Å². The molecule has 1 unspecified atom stereocenters. The Morgan fingerprint density at radius 1 is 1.05 bits per heavy atom. The SMILES string of the molecule is CCS(=O)(=O)c1ccc(NCC(N)c2ccccc2)cc1. The lowest BCUT2D eigenvalue weighted by Crippen LogP contribution is -2.20. The van der Waals surface area contributed by atoms with Crippen molar-refractivity contribution in [2.45, 2.75) is 17.9 Å². The maximum absolute atomic E-state index is 11.7. The molecule has 3 N–H and O–H groups in total. The molecule has 112 valence electrons. The normalized spacial score (nSPS) is 12.9. The third-order valence-corrected chi connectivity index (χ3v) is 5.10. The van der Waals surface area contributed by atoms with Crippen LogP contribution in [0.25, 0.3) is 0 Å². The molecule has 0 saturated heterocycles. The summed E-state index contributed by atoms with van der Waals surface area (Å²) in [5.41, 5.74) is 8.03. The molecule has 1 atom stereocenters. The fourth-order valence-corrected chi connectivity index (χ4v) is 2.88. The van der Waals surface area contributed by atoms with Crippen LogP contribution in [-0.4, -0.2) is 20.7 Å². The van der Waals surface area contributed by atoms with Crippen molar-refractivity contribution in [2.24, 2.45) is 5.73 Å². The molecule has 21 heavy (non-hydrogen) atoms. The van der Waals surface area contributed by atoms with Gasteiger partial charge < -0.3 is 11.1 Å². The average Bonchev–Trinajstić information content (AvgIpc) is 2.54. The first kappa shape index (κ1) is 15.5. The second-order valence-electron chi connectivity index (χ2n) is 4.83. The van der Waals surface area contributed by atoms with Crippen molar-refractivity contribution < 1.29 is 8.42 Å². The van der Waals surface area contributed by atoms with Gasteiger partial charge in [-0.3, -0.25) is 0 Å². The van der Waals surface area contributed by atoms with Gasteiger partial charge >= 0.3 is 0 Å². The summed E-state index contributed by atoms with van der Waals surface area (Å²) in [6.45, 7) is 2.23. The summed E-state index contributed by atoms with van der Waals surface area (Å²) in [5.74, 6) is 0.110. The third kappa shape index (κ3) is 4.06. The summed E-state index contributed by atoms with van der Waals surface area (Å²) >= 11 is 0. The quantitative estimate of drug-likeness (QED) is 0.860. The van der Waals surface area contributed by atoms with Gasteiger partial charge in [-0.05, 0) is 29.8 Å². The molecule has 0 heterocycles. The Hall–Kier alpha value is -1.85. The van der Waals surface area contributed by atoms with Crippen LogP contribution in [0.2, 0.25) is 0 Å². The zero-order chi connectivity index (χ0) is 15.3. The van der Waals surface area contributed by atoms with Crippen LogP contribution in [0.3, 0.4) is 0 Å². The Bertz CT molecular complexity index is 667. The summed E-state index contributed by atoms with van der Waals surface area (Å²) in [6.07, 6.45) is 0. The number of hydrogen-bond donors (Lipinski definition) is 2. The summed E-state index contributed by atoms with van der Waals surface area (Å²) < 4.78 is 23.4. The molecular formula is C16H20N2O2S. The summed E-state index contributed by atoms with van der Waals surface area (Å²) in [4.78, 5) is 0.350. The van der Waals surface area contributed by atoms with Crippen LogP contribution < -0.4 is 11.1 Å². The molecule has 0 fully saturated rings. The summed E-state index contributed by atoms with van der Waals surface area (Å²) in [6, 6.07) is 16.5. The maximum Gasteiger partial charge on any atom is 0.178 e. The van der Waals surface area contributed by atoms with Crippen LogP contribution in [0.4, 0.5) is 5.69 Å². The number of nitrogens with one attached hydrogen (secondary N) is 1. The summed E-state index contributed by atoms with van der Waals surface area (Å²) in [5, 5.41) is 3.22. The predicted molar refractivity (Wildman–Crippen MR) is 86.0 cm³/mol. The molecule has 0 spiro atoms. The molecule has 0 radical (unpaired) electrons. The monoisotopic (exact) mass is 304 g/mol. The van der Waals surface area contributed by atoms with Crippen molar-refractivity contribution in [3.63, 3.8) is 0 Å². The van der Waals surface area contributed by atoms with Gasteiger partial charge in [0.1, 0.15) is 0 Å². The highest BCUT2D eigenvalue weighted by Gasteiger charge is 2.11. The largest absolute Gasteiger partial charge is 0.383 e. The van der Waals surface area contributed by atoms with E-state index >= 15 is 0 Å². The van der Waals surface area contributed by atoms with Crippen LogP contribution in [0.5, 0.6) is 0 Å². The number of benzene rings is 2. The lowest BCUT2D eigenvalue weighted by molar-refractivity contribution is 0.597. The van der Waals surface area contributed by atoms with Crippen molar-refractivity contribution in [2.75, 3.05) is 17.6 Å². The third-order valence-electron chi connectivity index (χ3n) is 3.35. The van der Waals surface area contributed by atoms with E-state index in [1.54, 1.807) is 31.2 Å². The zero-order valence-corrected chi connectivity index (χ0v) is 12.8. The number of hydrogen-bond acceptors (Lipinski definition) is 4. The highest BCUT2D eigenvalue weighted by atomic mass is 32.2. The molecule has 0 aromatic heterocycles. The fraction of sp³-hybridized carbons (Fsp3) is 0.250. The molecule has 2 rings (SSSR count). The maximum atomic E-state index is 11.7. The van der Waals surface area contributed by atoms with Gasteiger partial charge in [0.2, 0.25) is 0 Å². The topological polar surface area (TPSA) is 72.2 Å². The minimum atomic E-state index is -3.14. The minimum Gasteiger partial charge on any atom is -0.383 e. The first-order valence-electron chi connectivity index (χ1n) is 6.90. The van der Waals surface area contributed by atoms with Gasteiger partial charge in [0.25, 0.3) is 0 Å². The molecule has 0 amide bonds. The molecule has 5 heteroatoms. The molecule has 0 aliphatic carbocycles.